The zero-order valence-corrected chi connectivity index (χ0v) is 13.6. The smallest absolute Gasteiger partial charge is 0.140 e. The first kappa shape index (κ1) is 15.1. The third-order valence-corrected chi connectivity index (χ3v) is 4.50. The van der Waals surface area contributed by atoms with E-state index < -0.39 is 0 Å². The van der Waals surface area contributed by atoms with E-state index in [2.05, 4.69) is 41.7 Å². The number of rotatable bonds is 5. The summed E-state index contributed by atoms with van der Waals surface area (Å²) >= 11 is 0. The van der Waals surface area contributed by atoms with Crippen LogP contribution < -0.4 is 4.74 Å². The Labute approximate surface area is 132 Å². The lowest BCUT2D eigenvalue weighted by Gasteiger charge is -2.14. The van der Waals surface area contributed by atoms with Gasteiger partial charge in [0.2, 0.25) is 0 Å². The molecule has 1 atom stereocenters. The first-order chi connectivity index (χ1) is 10.7. The van der Waals surface area contributed by atoms with E-state index in [1.165, 1.54) is 17.5 Å². The fourth-order valence-corrected chi connectivity index (χ4v) is 3.12. The second-order valence-corrected chi connectivity index (χ2v) is 6.10. The summed E-state index contributed by atoms with van der Waals surface area (Å²) in [6.07, 6.45) is 6.30. The maximum Gasteiger partial charge on any atom is 0.140 e. The van der Waals surface area contributed by atoms with Crippen molar-refractivity contribution in [3.05, 3.63) is 35.7 Å². The number of methoxy groups -OCH3 is 1. The van der Waals surface area contributed by atoms with Gasteiger partial charge in [-0.1, -0.05) is 0 Å². The molecule has 2 aromatic rings. The summed E-state index contributed by atoms with van der Waals surface area (Å²) < 4.78 is 13.1. The number of ether oxygens (including phenoxy) is 2. The summed E-state index contributed by atoms with van der Waals surface area (Å²) in [6, 6.07) is 4.26. The Morgan fingerprint density at radius 2 is 2.18 bits per heavy atom. The maximum absolute atomic E-state index is 5.46. The van der Waals surface area contributed by atoms with Crippen LogP contribution in [0.1, 0.15) is 24.0 Å². The first-order valence-corrected chi connectivity index (χ1v) is 7.93. The standard InChI is InChI=1S/C18H24N2O2/c1-13-11-17(21-3)14(2)10-16(13)18-19-6-8-20(18)7-4-15-5-9-22-12-15/h6,8,10-11,15H,4-5,7,9,12H2,1-3H3. The van der Waals surface area contributed by atoms with E-state index in [4.69, 9.17) is 9.47 Å². The van der Waals surface area contributed by atoms with Crippen LogP contribution in [0.2, 0.25) is 0 Å². The molecule has 1 saturated heterocycles. The van der Waals surface area contributed by atoms with Gasteiger partial charge < -0.3 is 14.0 Å². The average molecular weight is 300 g/mol. The third kappa shape index (κ3) is 3.02. The molecule has 1 aliphatic rings. The molecule has 0 radical (unpaired) electrons. The summed E-state index contributed by atoms with van der Waals surface area (Å²) in [4.78, 5) is 4.58. The molecule has 1 aromatic carbocycles. The highest BCUT2D eigenvalue weighted by molar-refractivity contribution is 5.64. The van der Waals surface area contributed by atoms with Gasteiger partial charge in [-0.15, -0.1) is 0 Å². The average Bonchev–Trinajstić information content (AvgIpc) is 3.17. The summed E-state index contributed by atoms with van der Waals surface area (Å²) in [5, 5.41) is 0. The number of benzene rings is 1. The Kier molecular flexibility index (Phi) is 4.48. The van der Waals surface area contributed by atoms with Crippen molar-refractivity contribution in [2.24, 2.45) is 5.92 Å². The lowest BCUT2D eigenvalue weighted by atomic mass is 10.0. The number of hydrogen-bond donors (Lipinski definition) is 0. The van der Waals surface area contributed by atoms with Gasteiger partial charge in [0.25, 0.3) is 0 Å². The first-order valence-electron chi connectivity index (χ1n) is 7.93. The van der Waals surface area contributed by atoms with Crippen LogP contribution in [0.3, 0.4) is 0 Å². The van der Waals surface area contributed by atoms with Crippen molar-refractivity contribution in [2.75, 3.05) is 20.3 Å². The van der Waals surface area contributed by atoms with Gasteiger partial charge >= 0.3 is 0 Å². The molecule has 22 heavy (non-hydrogen) atoms. The van der Waals surface area contributed by atoms with E-state index in [0.717, 1.165) is 43.3 Å². The van der Waals surface area contributed by atoms with Crippen molar-refractivity contribution in [3.8, 4) is 17.1 Å². The molecule has 1 aromatic heterocycles. The quantitative estimate of drug-likeness (QED) is 0.846. The summed E-state index contributed by atoms with van der Waals surface area (Å²) in [5.74, 6) is 2.67. The molecule has 0 bridgehead atoms. The van der Waals surface area contributed by atoms with Crippen molar-refractivity contribution in [1.29, 1.82) is 0 Å². The molecule has 0 spiro atoms. The Morgan fingerprint density at radius 3 is 2.91 bits per heavy atom. The van der Waals surface area contributed by atoms with Crippen LogP contribution >= 0.6 is 0 Å². The zero-order valence-electron chi connectivity index (χ0n) is 13.6. The van der Waals surface area contributed by atoms with Crippen LogP contribution in [0.4, 0.5) is 0 Å². The van der Waals surface area contributed by atoms with Crippen molar-refractivity contribution in [1.82, 2.24) is 9.55 Å². The van der Waals surface area contributed by atoms with Crippen LogP contribution in [0.5, 0.6) is 5.75 Å². The second-order valence-electron chi connectivity index (χ2n) is 6.10. The predicted octanol–water partition coefficient (Wildman–Crippen LogP) is 3.60. The molecule has 0 saturated carbocycles. The lowest BCUT2D eigenvalue weighted by Crippen LogP contribution is -2.07. The van der Waals surface area contributed by atoms with Crippen LogP contribution in [0.25, 0.3) is 11.4 Å². The fourth-order valence-electron chi connectivity index (χ4n) is 3.12. The normalized spacial score (nSPS) is 17.9. The molecular formula is C18H24N2O2. The molecule has 1 unspecified atom stereocenters. The molecule has 0 N–H and O–H groups in total. The largest absolute Gasteiger partial charge is 0.496 e. The lowest BCUT2D eigenvalue weighted by molar-refractivity contribution is 0.183. The topological polar surface area (TPSA) is 36.3 Å². The van der Waals surface area contributed by atoms with Crippen LogP contribution in [-0.2, 0) is 11.3 Å². The van der Waals surface area contributed by atoms with Crippen molar-refractivity contribution < 1.29 is 9.47 Å². The van der Waals surface area contributed by atoms with Gasteiger partial charge in [0.05, 0.1) is 7.11 Å². The molecule has 4 nitrogen and oxygen atoms in total. The number of aryl methyl sites for hydroxylation is 3. The monoisotopic (exact) mass is 300 g/mol. The van der Waals surface area contributed by atoms with Crippen molar-refractivity contribution in [2.45, 2.75) is 33.2 Å². The van der Waals surface area contributed by atoms with E-state index in [9.17, 15) is 0 Å². The van der Waals surface area contributed by atoms with Crippen molar-refractivity contribution in [3.63, 3.8) is 0 Å². The Bertz CT molecular complexity index is 643. The zero-order chi connectivity index (χ0) is 15.5. The van der Waals surface area contributed by atoms with Gasteiger partial charge in [-0.25, -0.2) is 4.98 Å². The molecular weight excluding hydrogens is 276 g/mol. The van der Waals surface area contributed by atoms with Crippen LogP contribution in [0, 0.1) is 19.8 Å². The fraction of sp³-hybridized carbons (Fsp3) is 0.500. The minimum absolute atomic E-state index is 0.689. The van der Waals surface area contributed by atoms with E-state index in [1.807, 2.05) is 6.20 Å². The van der Waals surface area contributed by atoms with Gasteiger partial charge in [-0.05, 0) is 55.9 Å². The van der Waals surface area contributed by atoms with Crippen molar-refractivity contribution >= 4 is 0 Å². The van der Waals surface area contributed by atoms with Gasteiger partial charge in [0.1, 0.15) is 11.6 Å². The highest BCUT2D eigenvalue weighted by Crippen LogP contribution is 2.29. The Hall–Kier alpha value is -1.81. The van der Waals surface area contributed by atoms with Gasteiger partial charge in [-0.3, -0.25) is 0 Å². The molecule has 118 valence electrons. The van der Waals surface area contributed by atoms with E-state index in [0.29, 0.717) is 5.92 Å². The minimum Gasteiger partial charge on any atom is -0.496 e. The van der Waals surface area contributed by atoms with E-state index >= 15 is 0 Å². The van der Waals surface area contributed by atoms with E-state index in [-0.39, 0.29) is 0 Å². The van der Waals surface area contributed by atoms with Gasteiger partial charge in [0.15, 0.2) is 0 Å². The summed E-state index contributed by atoms with van der Waals surface area (Å²) in [7, 11) is 1.71. The SMILES string of the molecule is COc1cc(C)c(-c2nccn2CCC2CCOC2)cc1C. The third-order valence-electron chi connectivity index (χ3n) is 4.50. The number of nitrogens with zero attached hydrogens (tertiary/aromatic N) is 2. The highest BCUT2D eigenvalue weighted by atomic mass is 16.5. The van der Waals surface area contributed by atoms with Crippen LogP contribution in [0.15, 0.2) is 24.5 Å². The Balaban J connectivity index is 1.83. The molecule has 4 heteroatoms. The molecule has 0 amide bonds. The molecule has 0 aliphatic carbocycles. The predicted molar refractivity (Wildman–Crippen MR) is 87.2 cm³/mol. The molecule has 3 rings (SSSR count). The van der Waals surface area contributed by atoms with Gasteiger partial charge in [0, 0.05) is 37.7 Å². The second kappa shape index (κ2) is 6.53. The number of hydrogen-bond acceptors (Lipinski definition) is 3. The number of imidazole rings is 1. The summed E-state index contributed by atoms with van der Waals surface area (Å²) in [5.41, 5.74) is 3.52. The van der Waals surface area contributed by atoms with E-state index in [1.54, 1.807) is 7.11 Å². The van der Waals surface area contributed by atoms with Gasteiger partial charge in [-0.2, -0.15) is 0 Å². The Morgan fingerprint density at radius 1 is 1.32 bits per heavy atom. The molecule has 1 fully saturated rings. The maximum atomic E-state index is 5.46. The highest BCUT2D eigenvalue weighted by Gasteiger charge is 2.17. The number of aromatic nitrogens is 2. The molecule has 2 heterocycles. The summed E-state index contributed by atoms with van der Waals surface area (Å²) in [6.45, 7) is 7.00. The van der Waals surface area contributed by atoms with Crippen LogP contribution in [-0.4, -0.2) is 29.9 Å². The molecule has 1 aliphatic heterocycles. The minimum atomic E-state index is 0.689.